The van der Waals surface area contributed by atoms with Crippen molar-refractivity contribution in [3.05, 3.63) is 237 Å². The highest BCUT2D eigenvalue weighted by molar-refractivity contribution is 6.26. The predicted octanol–water partition coefficient (Wildman–Crippen LogP) is 10.3. The first-order valence-corrected chi connectivity index (χ1v) is 30.1. The summed E-state index contributed by atoms with van der Waals surface area (Å²) in [7, 11) is 0. The molecule has 23 heteroatoms. The number of halogens is 2. The van der Waals surface area contributed by atoms with Crippen molar-refractivity contribution < 1.29 is 34.0 Å². The van der Waals surface area contributed by atoms with Crippen LogP contribution in [0.1, 0.15) is 102 Å². The summed E-state index contributed by atoms with van der Waals surface area (Å²) in [6.07, 6.45) is 12.4. The number of hydrogen-bond acceptors (Lipinski definition) is 18. The summed E-state index contributed by atoms with van der Waals surface area (Å²) >= 11 is 11.0. The lowest BCUT2D eigenvalue weighted by Crippen LogP contribution is -2.47. The molecule has 3 aliphatic rings. The zero-order valence-corrected chi connectivity index (χ0v) is 50.3. The van der Waals surface area contributed by atoms with E-state index in [1.165, 1.54) is 22.6 Å². The molecule has 456 valence electrons. The number of benzene rings is 6. The number of nitrogens with two attached hydrogens (primary N) is 1. The SMILES string of the molecule is Cc1cncc2nc[nH]c(=O)c12.Cc1cncc2ncn(Cc3nc(C4CC(O)(c5ccc6ccccc6c5)C4)no3)c(=O)c12.N/C(=N/OC(=O)CCl)C1CC(O)(c2ccc3ccccc3c2)C1.OC1(c2ccc3ccccc3c2)CC(c2noc(CCl)n2)C1. The molecule has 0 unspecified atom stereocenters. The number of nitrogens with zero attached hydrogens (tertiary/aromatic N) is 10. The quantitative estimate of drug-likeness (QED) is 0.0264. The molecule has 0 aliphatic heterocycles. The number of hydrogen-bond donors (Lipinski definition) is 5. The minimum atomic E-state index is -0.925. The molecule has 90 heavy (non-hydrogen) atoms. The maximum atomic E-state index is 12.9. The van der Waals surface area contributed by atoms with Crippen LogP contribution in [0.5, 0.6) is 0 Å². The van der Waals surface area contributed by atoms with Crippen LogP contribution in [0, 0.1) is 19.8 Å². The molecule has 6 aromatic heterocycles. The van der Waals surface area contributed by atoms with E-state index in [9.17, 15) is 29.7 Å². The Balaban J connectivity index is 0.000000122. The van der Waals surface area contributed by atoms with Crippen molar-refractivity contribution in [2.45, 2.75) is 93.4 Å². The van der Waals surface area contributed by atoms with Crippen LogP contribution in [0.3, 0.4) is 0 Å². The van der Waals surface area contributed by atoms with E-state index in [2.05, 4.69) is 85.5 Å². The predicted molar refractivity (Wildman–Crippen MR) is 339 cm³/mol. The number of aromatic nitrogens is 10. The summed E-state index contributed by atoms with van der Waals surface area (Å²) in [4.78, 5) is 67.2. The molecule has 0 spiro atoms. The van der Waals surface area contributed by atoms with Gasteiger partial charge in [-0.2, -0.15) is 9.97 Å². The van der Waals surface area contributed by atoms with E-state index in [1.807, 2.05) is 111 Å². The number of aromatic amines is 1. The number of H-pyrrole nitrogens is 1. The normalized spacial score (nSPS) is 21.0. The molecule has 3 aliphatic carbocycles. The second kappa shape index (κ2) is 25.5. The standard InChI is InChI=1S/C25H21N5O3.C17H17ClN2O3.C17H15ClN2O2.C8H7N3O/c1-15-11-26-12-20-22(15)24(31)30(14-27-20)13-21-28-23(29-33-21)18-9-25(32,10-18)19-7-6-16-4-2-3-5-17(16)8-19;18-10-15(21)23-20-16(19)13-8-17(22,9-13)14-6-5-11-3-1-2-4-12(11)7-14;18-10-15-19-16(20-22-15)13-8-17(21,9-13)14-6-5-11-3-1-2-4-12(11)7-14;1-5-2-9-3-6-7(5)8(12)11-4-10-6/h2-8,11-12,14,18,32H,9-10,13H2,1H3;1-7,13,22H,8-10H2,(H2,19,20);1-7,13,21H,8-10H2;2-4H,1H3,(H,10,11,12). The maximum Gasteiger partial charge on any atom is 0.349 e. The number of pyridine rings is 2. The highest BCUT2D eigenvalue weighted by atomic mass is 35.5. The summed E-state index contributed by atoms with van der Waals surface area (Å²) in [5, 5.41) is 52.3. The van der Waals surface area contributed by atoms with E-state index in [-0.39, 0.29) is 53.0 Å². The maximum absolute atomic E-state index is 12.9. The van der Waals surface area contributed by atoms with E-state index in [0.29, 0.717) is 83.8 Å². The number of amidine groups is 1. The van der Waals surface area contributed by atoms with E-state index in [0.717, 1.165) is 54.7 Å². The zero-order chi connectivity index (χ0) is 62.7. The van der Waals surface area contributed by atoms with Crippen molar-refractivity contribution in [2.24, 2.45) is 16.8 Å². The Bertz CT molecular complexity index is 4780. The minimum absolute atomic E-state index is 0.00117. The molecule has 0 atom stereocenters. The van der Waals surface area contributed by atoms with E-state index in [1.54, 1.807) is 24.8 Å². The molecule has 0 saturated heterocycles. The summed E-state index contributed by atoms with van der Waals surface area (Å²) in [5.74, 6) is 1.45. The number of rotatable bonds is 11. The fourth-order valence-electron chi connectivity index (χ4n) is 11.9. The number of fused-ring (bicyclic) bond motifs is 5. The van der Waals surface area contributed by atoms with Crippen LogP contribution in [-0.2, 0) is 38.9 Å². The second-order valence-corrected chi connectivity index (χ2v) is 23.6. The Morgan fingerprint density at radius 2 is 1.09 bits per heavy atom. The van der Waals surface area contributed by atoms with Crippen molar-refractivity contribution in [1.29, 1.82) is 0 Å². The van der Waals surface area contributed by atoms with Gasteiger partial charge in [-0.3, -0.25) is 24.1 Å². The molecule has 3 saturated carbocycles. The largest absolute Gasteiger partial charge is 0.385 e. The Morgan fingerprint density at radius 3 is 1.57 bits per heavy atom. The van der Waals surface area contributed by atoms with Crippen LogP contribution in [0.4, 0.5) is 0 Å². The number of alkyl halides is 2. The molecular formula is C67H60Cl2N12O9. The lowest BCUT2D eigenvalue weighted by Gasteiger charge is -2.43. The number of carbonyl (C=O) groups excluding carboxylic acids is 1. The zero-order valence-electron chi connectivity index (χ0n) is 48.8. The summed E-state index contributed by atoms with van der Waals surface area (Å²) in [6, 6.07) is 42.3. The second-order valence-electron chi connectivity index (χ2n) is 23.0. The van der Waals surface area contributed by atoms with Gasteiger partial charge in [0.2, 0.25) is 11.8 Å². The summed E-state index contributed by atoms with van der Waals surface area (Å²) in [5.41, 5.74) is 8.40. The third-order valence-electron chi connectivity index (χ3n) is 16.9. The highest BCUT2D eigenvalue weighted by Gasteiger charge is 2.48. The van der Waals surface area contributed by atoms with Crippen LogP contribution >= 0.6 is 23.2 Å². The molecule has 12 aromatic rings. The van der Waals surface area contributed by atoms with Crippen molar-refractivity contribution in [3.8, 4) is 0 Å². The topological polar surface area (TPSA) is 310 Å². The van der Waals surface area contributed by atoms with Crippen molar-refractivity contribution in [2.75, 3.05) is 5.88 Å². The van der Waals surface area contributed by atoms with Crippen molar-refractivity contribution >= 4 is 89.1 Å². The lowest BCUT2D eigenvalue weighted by molar-refractivity contribution is -0.140. The number of oxime groups is 1. The molecule has 6 N–H and O–H groups in total. The van der Waals surface area contributed by atoms with Gasteiger partial charge in [-0.1, -0.05) is 125 Å². The lowest BCUT2D eigenvalue weighted by atomic mass is 9.67. The first-order valence-electron chi connectivity index (χ1n) is 29.0. The third-order valence-corrected chi connectivity index (χ3v) is 17.4. The van der Waals surface area contributed by atoms with Gasteiger partial charge in [-0.15, -0.1) is 23.2 Å². The Morgan fingerprint density at radius 1 is 0.633 bits per heavy atom. The molecule has 6 aromatic carbocycles. The molecule has 3 fully saturated rings. The van der Waals surface area contributed by atoms with E-state index < -0.39 is 22.8 Å². The molecule has 15 rings (SSSR count). The van der Waals surface area contributed by atoms with Gasteiger partial charge in [0, 0.05) is 30.1 Å². The molecule has 0 bridgehead atoms. The van der Waals surface area contributed by atoms with Gasteiger partial charge in [0.05, 0.1) is 63.7 Å². The van der Waals surface area contributed by atoms with Gasteiger partial charge in [-0.25, -0.2) is 14.8 Å². The third kappa shape index (κ3) is 12.7. The fraction of sp³-hybridized carbons (Fsp3) is 0.254. The summed E-state index contributed by atoms with van der Waals surface area (Å²) in [6.45, 7) is 3.81. The Labute approximate surface area is 523 Å². The Kier molecular flexibility index (Phi) is 17.1. The molecule has 21 nitrogen and oxygen atoms in total. The van der Waals surface area contributed by atoms with Gasteiger partial charge in [0.15, 0.2) is 11.6 Å². The van der Waals surface area contributed by atoms with Gasteiger partial charge < -0.3 is 39.9 Å². The average molecular weight is 1250 g/mol. The van der Waals surface area contributed by atoms with Gasteiger partial charge in [0.1, 0.15) is 24.1 Å². The van der Waals surface area contributed by atoms with Gasteiger partial charge in [-0.05, 0) is 131 Å². The van der Waals surface area contributed by atoms with Crippen LogP contribution in [0.2, 0.25) is 0 Å². The monoisotopic (exact) mass is 1250 g/mol. The highest BCUT2D eigenvalue weighted by Crippen LogP contribution is 2.52. The minimum Gasteiger partial charge on any atom is -0.385 e. The van der Waals surface area contributed by atoms with Crippen molar-refractivity contribution in [1.82, 2.24) is 49.8 Å². The number of carbonyl (C=O) groups is 1. The van der Waals surface area contributed by atoms with E-state index >= 15 is 0 Å². The smallest absolute Gasteiger partial charge is 0.349 e. The first-order chi connectivity index (χ1) is 43.5. The van der Waals surface area contributed by atoms with Crippen LogP contribution in [0.25, 0.3) is 54.1 Å². The van der Waals surface area contributed by atoms with Crippen LogP contribution in [0.15, 0.2) is 189 Å². The Hall–Kier alpha value is -9.64. The number of nitrogens with one attached hydrogen (secondary N) is 1. The van der Waals surface area contributed by atoms with Gasteiger partial charge in [0.25, 0.3) is 11.1 Å². The molecular weight excluding hydrogens is 1190 g/mol. The van der Waals surface area contributed by atoms with E-state index in [4.69, 9.17) is 38.0 Å². The first kappa shape index (κ1) is 60.6. The number of aliphatic hydroxyl groups is 3. The van der Waals surface area contributed by atoms with Crippen LogP contribution < -0.4 is 16.9 Å². The summed E-state index contributed by atoms with van der Waals surface area (Å²) < 4.78 is 11.9. The molecule has 0 amide bonds. The van der Waals surface area contributed by atoms with Crippen molar-refractivity contribution in [3.63, 3.8) is 0 Å². The average Bonchev–Trinajstić information content (AvgIpc) is 1.10. The molecule has 6 heterocycles. The van der Waals surface area contributed by atoms with Crippen LogP contribution in [-0.4, -0.2) is 82.8 Å². The van der Waals surface area contributed by atoms with Gasteiger partial charge >= 0.3 is 5.97 Å². The fourth-order valence-corrected chi connectivity index (χ4v) is 12.0. The molecule has 0 radical (unpaired) electrons. The number of aryl methyl sites for hydroxylation is 2.